The summed E-state index contributed by atoms with van der Waals surface area (Å²) in [6, 6.07) is 3.20. The molecule has 0 aromatic heterocycles. The predicted octanol–water partition coefficient (Wildman–Crippen LogP) is 1.46. The molecule has 0 bridgehead atoms. The topological polar surface area (TPSA) is 64.1 Å². The largest absolute Gasteiger partial charge is 0.481 e. The second-order valence-corrected chi connectivity index (χ2v) is 7.12. The number of amides is 2. The molecule has 2 unspecified atom stereocenters. The number of benzene rings is 1. The van der Waals surface area contributed by atoms with Gasteiger partial charge in [0.2, 0.25) is 0 Å². The number of carbonyl (C=O) groups excluding carboxylic acids is 1. The fourth-order valence-corrected chi connectivity index (χ4v) is 3.91. The van der Waals surface area contributed by atoms with Crippen molar-refractivity contribution < 1.29 is 23.5 Å². The number of halogens is 2. The van der Waals surface area contributed by atoms with Crippen LogP contribution in [0.3, 0.4) is 0 Å². The van der Waals surface area contributed by atoms with Crippen molar-refractivity contribution in [1.29, 1.82) is 0 Å². The third-order valence-electron chi connectivity index (χ3n) is 5.17. The summed E-state index contributed by atoms with van der Waals surface area (Å²) >= 11 is 0. The van der Waals surface area contributed by atoms with E-state index in [1.54, 1.807) is 19.0 Å². The van der Waals surface area contributed by atoms with Gasteiger partial charge in [-0.1, -0.05) is 6.07 Å². The summed E-state index contributed by atoms with van der Waals surface area (Å²) in [6.07, 6.45) is 0. The van der Waals surface area contributed by atoms with Gasteiger partial charge in [0.05, 0.1) is 0 Å². The normalized spacial score (nSPS) is 25.9. The van der Waals surface area contributed by atoms with Crippen molar-refractivity contribution in [2.24, 2.45) is 11.3 Å². The van der Waals surface area contributed by atoms with E-state index in [2.05, 4.69) is 0 Å². The lowest BCUT2D eigenvalue weighted by molar-refractivity contribution is -0.148. The number of likely N-dealkylation sites (tertiary alicyclic amines) is 2. The zero-order chi connectivity index (χ0) is 18.4. The summed E-state index contributed by atoms with van der Waals surface area (Å²) in [5.74, 6) is -2.42. The van der Waals surface area contributed by atoms with Gasteiger partial charge in [0.1, 0.15) is 17.0 Å². The van der Waals surface area contributed by atoms with Crippen LogP contribution in [0.15, 0.2) is 18.2 Å². The maximum absolute atomic E-state index is 13.9. The minimum absolute atomic E-state index is 0.145. The van der Waals surface area contributed by atoms with Gasteiger partial charge in [-0.15, -0.1) is 0 Å². The molecule has 8 heteroatoms. The average molecular weight is 353 g/mol. The van der Waals surface area contributed by atoms with Crippen molar-refractivity contribution in [1.82, 2.24) is 14.7 Å². The smallest absolute Gasteiger partial charge is 0.319 e. The Labute approximate surface area is 144 Å². The Bertz CT molecular complexity index is 712. The van der Waals surface area contributed by atoms with Crippen LogP contribution in [-0.2, 0) is 11.3 Å². The molecule has 0 radical (unpaired) electrons. The average Bonchev–Trinajstić information content (AvgIpc) is 3.04. The minimum atomic E-state index is -1.04. The van der Waals surface area contributed by atoms with E-state index in [0.29, 0.717) is 18.7 Å². The summed E-state index contributed by atoms with van der Waals surface area (Å²) in [7, 11) is 3.26. The number of urea groups is 1. The third kappa shape index (κ3) is 3.06. The van der Waals surface area contributed by atoms with Crippen LogP contribution in [0.25, 0.3) is 0 Å². The lowest BCUT2D eigenvalue weighted by atomic mass is 9.81. The number of carboxylic acids is 1. The van der Waals surface area contributed by atoms with Gasteiger partial charge in [-0.2, -0.15) is 0 Å². The van der Waals surface area contributed by atoms with Crippen LogP contribution in [0, 0.1) is 23.0 Å². The molecule has 2 fully saturated rings. The quantitative estimate of drug-likeness (QED) is 0.894. The lowest BCUT2D eigenvalue weighted by Crippen LogP contribution is -2.44. The Morgan fingerprint density at radius 1 is 1.28 bits per heavy atom. The first-order valence-corrected chi connectivity index (χ1v) is 8.09. The molecule has 6 nitrogen and oxygen atoms in total. The second kappa shape index (κ2) is 6.25. The number of hydrogen-bond donors (Lipinski definition) is 1. The van der Waals surface area contributed by atoms with E-state index in [9.17, 15) is 23.5 Å². The summed E-state index contributed by atoms with van der Waals surface area (Å²) in [6.45, 7) is 1.43. The Morgan fingerprint density at radius 2 is 2.00 bits per heavy atom. The van der Waals surface area contributed by atoms with Gasteiger partial charge in [-0.3, -0.25) is 9.69 Å². The molecule has 0 spiro atoms. The Kier molecular flexibility index (Phi) is 4.40. The lowest BCUT2D eigenvalue weighted by Gasteiger charge is -2.27. The van der Waals surface area contributed by atoms with Crippen LogP contribution >= 0.6 is 0 Å². The van der Waals surface area contributed by atoms with E-state index in [1.807, 2.05) is 4.90 Å². The zero-order valence-corrected chi connectivity index (χ0v) is 14.2. The number of hydrogen-bond acceptors (Lipinski definition) is 3. The SMILES string of the molecule is CN(C)C(=O)N1CC2CN(Cc3ccc(F)cc3F)CC2(C(=O)O)C1. The molecule has 2 aliphatic rings. The molecular formula is C17H21F2N3O3. The van der Waals surface area contributed by atoms with Crippen molar-refractivity contribution in [3.05, 3.63) is 35.4 Å². The van der Waals surface area contributed by atoms with Gasteiger partial charge >= 0.3 is 12.0 Å². The van der Waals surface area contributed by atoms with E-state index in [0.717, 1.165) is 6.07 Å². The van der Waals surface area contributed by atoms with E-state index < -0.39 is 23.0 Å². The van der Waals surface area contributed by atoms with Crippen LogP contribution < -0.4 is 0 Å². The molecule has 2 saturated heterocycles. The first-order chi connectivity index (χ1) is 11.7. The molecule has 2 atom stereocenters. The van der Waals surface area contributed by atoms with Gasteiger partial charge in [-0.05, 0) is 6.07 Å². The Hall–Kier alpha value is -2.22. The molecule has 1 aromatic carbocycles. The van der Waals surface area contributed by atoms with Gasteiger partial charge in [-0.25, -0.2) is 13.6 Å². The molecule has 2 amide bonds. The molecule has 2 aliphatic heterocycles. The molecule has 0 aliphatic carbocycles. The number of fused-ring (bicyclic) bond motifs is 1. The second-order valence-electron chi connectivity index (χ2n) is 7.12. The third-order valence-corrected chi connectivity index (χ3v) is 5.17. The molecule has 2 heterocycles. The maximum Gasteiger partial charge on any atom is 0.319 e. The van der Waals surface area contributed by atoms with Gasteiger partial charge in [0.15, 0.2) is 0 Å². The molecule has 0 saturated carbocycles. The molecule has 1 aromatic rings. The number of carboxylic acid groups (broad SMARTS) is 1. The zero-order valence-electron chi connectivity index (χ0n) is 14.2. The highest BCUT2D eigenvalue weighted by Crippen LogP contribution is 2.43. The maximum atomic E-state index is 13.9. The van der Waals surface area contributed by atoms with Crippen molar-refractivity contribution in [2.45, 2.75) is 6.54 Å². The summed E-state index contributed by atoms with van der Waals surface area (Å²) < 4.78 is 26.9. The Balaban J connectivity index is 1.75. The summed E-state index contributed by atoms with van der Waals surface area (Å²) in [5, 5.41) is 9.79. The van der Waals surface area contributed by atoms with Gasteiger partial charge in [0.25, 0.3) is 0 Å². The van der Waals surface area contributed by atoms with Crippen molar-refractivity contribution >= 4 is 12.0 Å². The van der Waals surface area contributed by atoms with Crippen molar-refractivity contribution in [3.8, 4) is 0 Å². The monoisotopic (exact) mass is 353 g/mol. The van der Waals surface area contributed by atoms with Crippen molar-refractivity contribution in [3.63, 3.8) is 0 Å². The molecule has 1 N–H and O–H groups in total. The first-order valence-electron chi connectivity index (χ1n) is 8.09. The number of rotatable bonds is 3. The Morgan fingerprint density at radius 3 is 2.56 bits per heavy atom. The summed E-state index contributed by atoms with van der Waals surface area (Å²) in [5.41, 5.74) is -0.703. The van der Waals surface area contributed by atoms with Crippen LogP contribution in [0.2, 0.25) is 0 Å². The molecule has 3 rings (SSSR count). The van der Waals surface area contributed by atoms with Gasteiger partial charge in [0, 0.05) is 64.4 Å². The summed E-state index contributed by atoms with van der Waals surface area (Å²) in [4.78, 5) is 29.0. The van der Waals surface area contributed by atoms with Crippen molar-refractivity contribution in [2.75, 3.05) is 40.3 Å². The van der Waals surface area contributed by atoms with E-state index >= 15 is 0 Å². The standard InChI is InChI=1S/C17H21F2N3O3/c1-20(2)16(25)22-8-12-7-21(9-17(12,10-22)15(23)24)6-11-3-4-13(18)5-14(11)19/h3-5,12H,6-10H2,1-2H3,(H,23,24). The van der Waals surface area contributed by atoms with Crippen LogP contribution in [0.4, 0.5) is 13.6 Å². The fourth-order valence-electron chi connectivity index (χ4n) is 3.91. The van der Waals surface area contributed by atoms with E-state index in [1.165, 1.54) is 17.0 Å². The van der Waals surface area contributed by atoms with E-state index in [-0.39, 0.29) is 31.6 Å². The van der Waals surface area contributed by atoms with Crippen LogP contribution in [0.1, 0.15) is 5.56 Å². The molecule has 136 valence electrons. The molecule has 25 heavy (non-hydrogen) atoms. The minimum Gasteiger partial charge on any atom is -0.481 e. The predicted molar refractivity (Wildman–Crippen MR) is 85.8 cm³/mol. The van der Waals surface area contributed by atoms with E-state index in [4.69, 9.17) is 0 Å². The fraction of sp³-hybridized carbons (Fsp3) is 0.529. The number of carbonyl (C=O) groups is 2. The highest BCUT2D eigenvalue weighted by molar-refractivity contribution is 5.80. The first kappa shape index (κ1) is 17.6. The molecular weight excluding hydrogens is 332 g/mol. The van der Waals surface area contributed by atoms with Crippen LogP contribution in [0.5, 0.6) is 0 Å². The number of nitrogens with zero attached hydrogens (tertiary/aromatic N) is 3. The van der Waals surface area contributed by atoms with Crippen LogP contribution in [-0.4, -0.2) is 72.1 Å². The number of aliphatic carboxylic acids is 1. The highest BCUT2D eigenvalue weighted by atomic mass is 19.1. The van der Waals surface area contributed by atoms with Gasteiger partial charge < -0.3 is 14.9 Å². The highest BCUT2D eigenvalue weighted by Gasteiger charge is 2.58.